The van der Waals surface area contributed by atoms with Crippen LogP contribution in [0.4, 0.5) is 0 Å². The number of hydrogen-bond donors (Lipinski definition) is 1. The van der Waals surface area contributed by atoms with Crippen molar-refractivity contribution >= 4 is 16.9 Å². The van der Waals surface area contributed by atoms with Gasteiger partial charge in [0.1, 0.15) is 0 Å². The quantitative estimate of drug-likeness (QED) is 0.815. The van der Waals surface area contributed by atoms with E-state index in [-0.39, 0.29) is 0 Å². The van der Waals surface area contributed by atoms with Gasteiger partial charge in [-0.05, 0) is 24.7 Å². The summed E-state index contributed by atoms with van der Waals surface area (Å²) in [5.41, 5.74) is 0.371. The van der Waals surface area contributed by atoms with Crippen LogP contribution < -0.4 is 5.32 Å². The molecule has 0 amide bonds. The Morgan fingerprint density at radius 2 is 2.12 bits per heavy atom. The SMILES string of the molecule is CCC(C)CC(C)NC1=NCC(C)(C)CS1. The van der Waals surface area contributed by atoms with Crippen LogP contribution in [-0.4, -0.2) is 23.5 Å². The molecule has 0 spiro atoms. The van der Waals surface area contributed by atoms with Gasteiger partial charge in [-0.25, -0.2) is 0 Å². The molecule has 16 heavy (non-hydrogen) atoms. The molecule has 0 fully saturated rings. The predicted molar refractivity (Wildman–Crippen MR) is 75.2 cm³/mol. The maximum atomic E-state index is 4.62. The first-order valence-corrected chi connectivity index (χ1v) is 7.35. The maximum absolute atomic E-state index is 4.62. The second-order valence-electron chi connectivity index (χ2n) is 5.87. The second kappa shape index (κ2) is 5.95. The average molecular weight is 242 g/mol. The topological polar surface area (TPSA) is 24.4 Å². The Bertz CT molecular complexity index is 248. The molecule has 2 atom stereocenters. The first-order valence-electron chi connectivity index (χ1n) is 6.36. The molecular formula is C13H26N2S. The monoisotopic (exact) mass is 242 g/mol. The van der Waals surface area contributed by atoms with Crippen LogP contribution >= 0.6 is 11.8 Å². The van der Waals surface area contributed by atoms with Crippen LogP contribution in [0.2, 0.25) is 0 Å². The van der Waals surface area contributed by atoms with Crippen molar-refractivity contribution in [2.45, 2.75) is 53.5 Å². The van der Waals surface area contributed by atoms with Gasteiger partial charge in [-0.1, -0.05) is 45.9 Å². The number of nitrogens with one attached hydrogen (secondary N) is 1. The molecule has 0 aromatic rings. The molecule has 1 rings (SSSR count). The fourth-order valence-electron chi connectivity index (χ4n) is 1.77. The van der Waals surface area contributed by atoms with E-state index in [1.807, 2.05) is 11.8 Å². The van der Waals surface area contributed by atoms with Gasteiger partial charge in [0.25, 0.3) is 0 Å². The third-order valence-electron chi connectivity index (χ3n) is 3.07. The standard InChI is InChI=1S/C13H26N2S/c1-6-10(2)7-11(3)15-12-14-8-13(4,5)9-16-12/h10-11H,6-9H2,1-5H3,(H,14,15). The van der Waals surface area contributed by atoms with Crippen molar-refractivity contribution in [3.63, 3.8) is 0 Å². The van der Waals surface area contributed by atoms with Gasteiger partial charge in [0, 0.05) is 18.3 Å². The molecule has 0 aromatic carbocycles. The Hall–Kier alpha value is -0.180. The summed E-state index contributed by atoms with van der Waals surface area (Å²) in [6.45, 7) is 12.4. The Morgan fingerprint density at radius 3 is 2.62 bits per heavy atom. The van der Waals surface area contributed by atoms with Crippen molar-refractivity contribution in [1.29, 1.82) is 0 Å². The first kappa shape index (κ1) is 13.9. The van der Waals surface area contributed by atoms with Gasteiger partial charge in [0.15, 0.2) is 5.17 Å². The minimum absolute atomic E-state index is 0.371. The van der Waals surface area contributed by atoms with E-state index in [9.17, 15) is 0 Å². The molecule has 94 valence electrons. The maximum Gasteiger partial charge on any atom is 0.156 e. The Kier molecular flexibility index (Phi) is 5.16. The van der Waals surface area contributed by atoms with E-state index in [1.54, 1.807) is 0 Å². The number of nitrogens with zero attached hydrogens (tertiary/aromatic N) is 1. The van der Waals surface area contributed by atoms with Crippen molar-refractivity contribution in [2.24, 2.45) is 16.3 Å². The van der Waals surface area contributed by atoms with Crippen molar-refractivity contribution in [2.75, 3.05) is 12.3 Å². The molecule has 0 saturated carbocycles. The minimum atomic E-state index is 0.371. The van der Waals surface area contributed by atoms with Crippen LogP contribution in [0, 0.1) is 11.3 Å². The van der Waals surface area contributed by atoms with Crippen molar-refractivity contribution in [3.05, 3.63) is 0 Å². The van der Waals surface area contributed by atoms with Crippen LogP contribution in [0.3, 0.4) is 0 Å². The van der Waals surface area contributed by atoms with E-state index in [0.717, 1.165) is 17.6 Å². The van der Waals surface area contributed by atoms with Crippen LogP contribution in [0.15, 0.2) is 4.99 Å². The third kappa shape index (κ3) is 4.77. The van der Waals surface area contributed by atoms with E-state index < -0.39 is 0 Å². The van der Waals surface area contributed by atoms with Crippen LogP contribution in [0.1, 0.15) is 47.5 Å². The average Bonchev–Trinajstić information content (AvgIpc) is 2.21. The molecule has 1 heterocycles. The zero-order chi connectivity index (χ0) is 12.2. The summed E-state index contributed by atoms with van der Waals surface area (Å²) in [6.07, 6.45) is 2.50. The molecule has 1 aliphatic heterocycles. The molecular weight excluding hydrogens is 216 g/mol. The largest absolute Gasteiger partial charge is 0.362 e. The summed E-state index contributed by atoms with van der Waals surface area (Å²) < 4.78 is 0. The zero-order valence-corrected chi connectivity index (χ0v) is 12.2. The lowest BCUT2D eigenvalue weighted by Crippen LogP contribution is -2.36. The van der Waals surface area contributed by atoms with E-state index in [0.29, 0.717) is 11.5 Å². The number of amidine groups is 1. The summed E-state index contributed by atoms with van der Waals surface area (Å²) in [4.78, 5) is 4.62. The fourth-order valence-corrected chi connectivity index (χ4v) is 2.83. The molecule has 2 unspecified atom stereocenters. The third-order valence-corrected chi connectivity index (χ3v) is 4.52. The first-order chi connectivity index (χ1) is 7.43. The minimum Gasteiger partial charge on any atom is -0.362 e. The summed E-state index contributed by atoms with van der Waals surface area (Å²) in [6, 6.07) is 0.544. The van der Waals surface area contributed by atoms with E-state index >= 15 is 0 Å². The summed E-state index contributed by atoms with van der Waals surface area (Å²) >= 11 is 1.87. The van der Waals surface area contributed by atoms with Gasteiger partial charge in [-0.3, -0.25) is 4.99 Å². The van der Waals surface area contributed by atoms with E-state index in [4.69, 9.17) is 0 Å². The lowest BCUT2D eigenvalue weighted by atomic mass is 9.97. The number of aliphatic imine (C=N–C) groups is 1. The molecule has 0 aliphatic carbocycles. The van der Waals surface area contributed by atoms with Gasteiger partial charge in [0.05, 0.1) is 0 Å². The Labute approximate surface area is 105 Å². The molecule has 1 aliphatic rings. The molecule has 1 N–H and O–H groups in total. The van der Waals surface area contributed by atoms with Gasteiger partial charge in [0.2, 0.25) is 0 Å². The number of thioether (sulfide) groups is 1. The molecule has 3 heteroatoms. The van der Waals surface area contributed by atoms with Gasteiger partial charge in [-0.15, -0.1) is 0 Å². The highest BCUT2D eigenvalue weighted by Gasteiger charge is 2.23. The second-order valence-corrected chi connectivity index (χ2v) is 6.83. The van der Waals surface area contributed by atoms with Gasteiger partial charge in [-0.2, -0.15) is 0 Å². The van der Waals surface area contributed by atoms with Crippen LogP contribution in [-0.2, 0) is 0 Å². The number of rotatable bonds is 4. The highest BCUT2D eigenvalue weighted by molar-refractivity contribution is 8.13. The van der Waals surface area contributed by atoms with Gasteiger partial charge >= 0.3 is 0 Å². The number of hydrogen-bond acceptors (Lipinski definition) is 3. The fraction of sp³-hybridized carbons (Fsp3) is 0.923. The van der Waals surface area contributed by atoms with Crippen molar-refractivity contribution in [1.82, 2.24) is 5.32 Å². The van der Waals surface area contributed by atoms with Crippen molar-refractivity contribution < 1.29 is 0 Å². The van der Waals surface area contributed by atoms with Crippen LogP contribution in [0.5, 0.6) is 0 Å². The molecule has 2 nitrogen and oxygen atoms in total. The summed E-state index contributed by atoms with van der Waals surface area (Å²) in [5, 5.41) is 4.68. The van der Waals surface area contributed by atoms with E-state index in [2.05, 4.69) is 44.9 Å². The smallest absolute Gasteiger partial charge is 0.156 e. The normalized spacial score (nSPS) is 23.4. The van der Waals surface area contributed by atoms with Gasteiger partial charge < -0.3 is 5.32 Å². The highest BCUT2D eigenvalue weighted by atomic mass is 32.2. The molecule has 0 radical (unpaired) electrons. The highest BCUT2D eigenvalue weighted by Crippen LogP contribution is 2.27. The zero-order valence-electron chi connectivity index (χ0n) is 11.3. The van der Waals surface area contributed by atoms with Crippen LogP contribution in [0.25, 0.3) is 0 Å². The lowest BCUT2D eigenvalue weighted by molar-refractivity contribution is 0.430. The summed E-state index contributed by atoms with van der Waals surface area (Å²) in [7, 11) is 0. The Morgan fingerprint density at radius 1 is 1.44 bits per heavy atom. The molecule has 0 bridgehead atoms. The predicted octanol–water partition coefficient (Wildman–Crippen LogP) is 3.53. The lowest BCUT2D eigenvalue weighted by Gasteiger charge is -2.29. The molecule has 0 aromatic heterocycles. The molecule has 0 saturated heterocycles. The summed E-state index contributed by atoms with van der Waals surface area (Å²) in [5.74, 6) is 1.97. The van der Waals surface area contributed by atoms with E-state index in [1.165, 1.54) is 18.6 Å². The Balaban J connectivity index is 2.35. The van der Waals surface area contributed by atoms with Crippen molar-refractivity contribution in [3.8, 4) is 0 Å².